The molecule has 178 valence electrons. The molecule has 2 amide bonds. The first kappa shape index (κ1) is 23.8. The molecule has 1 unspecified atom stereocenters. The second-order valence-corrected chi connectivity index (χ2v) is 10.2. The van der Waals surface area contributed by atoms with Crippen molar-refractivity contribution >= 4 is 16.1 Å². The molecule has 0 radical (unpaired) electrons. The highest BCUT2D eigenvalue weighted by atomic mass is 32.2. The van der Waals surface area contributed by atoms with E-state index in [1.807, 2.05) is 26.8 Å². The van der Waals surface area contributed by atoms with Gasteiger partial charge >= 0.3 is 6.03 Å². The molecule has 1 heterocycles. The van der Waals surface area contributed by atoms with Crippen LogP contribution >= 0.6 is 0 Å². The fraction of sp³-hybridized carbons (Fsp3) is 0.269. The molecule has 1 atom stereocenters. The van der Waals surface area contributed by atoms with E-state index in [0.717, 1.165) is 9.87 Å². The van der Waals surface area contributed by atoms with Gasteiger partial charge in [0.15, 0.2) is 0 Å². The van der Waals surface area contributed by atoms with Crippen LogP contribution in [0.4, 0.5) is 9.18 Å². The smallest absolute Gasteiger partial charge is 0.334 e. The van der Waals surface area contributed by atoms with Crippen LogP contribution in [0.5, 0.6) is 5.75 Å². The number of urea groups is 1. The number of halogens is 1. The molecule has 4 rings (SSSR count). The second-order valence-electron chi connectivity index (χ2n) is 8.35. The molecule has 0 N–H and O–H groups in total. The van der Waals surface area contributed by atoms with Crippen LogP contribution in [0.1, 0.15) is 32.4 Å². The van der Waals surface area contributed by atoms with E-state index in [1.54, 1.807) is 53.4 Å². The van der Waals surface area contributed by atoms with Crippen LogP contribution in [0, 0.1) is 5.82 Å². The van der Waals surface area contributed by atoms with Gasteiger partial charge in [-0.15, -0.1) is 0 Å². The number of carbonyl (C=O) groups is 1. The highest BCUT2D eigenvalue weighted by Gasteiger charge is 2.45. The molecule has 0 bridgehead atoms. The Balaban J connectivity index is 1.73. The topological polar surface area (TPSA) is 66.9 Å². The van der Waals surface area contributed by atoms with Crippen LogP contribution in [-0.4, -0.2) is 42.8 Å². The maximum atomic E-state index is 14.7. The predicted octanol–water partition coefficient (Wildman–Crippen LogP) is 5.47. The van der Waals surface area contributed by atoms with Crippen molar-refractivity contribution in [2.45, 2.75) is 37.8 Å². The van der Waals surface area contributed by atoms with Crippen molar-refractivity contribution in [3.05, 3.63) is 84.2 Å². The van der Waals surface area contributed by atoms with Crippen molar-refractivity contribution in [1.29, 1.82) is 0 Å². The first-order valence-corrected chi connectivity index (χ1v) is 12.6. The fourth-order valence-corrected chi connectivity index (χ4v) is 5.64. The summed E-state index contributed by atoms with van der Waals surface area (Å²) in [7, 11) is -4.01. The van der Waals surface area contributed by atoms with Gasteiger partial charge in [-0.1, -0.05) is 36.4 Å². The summed E-state index contributed by atoms with van der Waals surface area (Å²) in [5.74, 6) is 0.168. The van der Waals surface area contributed by atoms with Crippen molar-refractivity contribution in [3.8, 4) is 16.9 Å². The van der Waals surface area contributed by atoms with Gasteiger partial charge in [0.2, 0.25) is 0 Å². The summed E-state index contributed by atoms with van der Waals surface area (Å²) in [6.45, 7) is 5.98. The van der Waals surface area contributed by atoms with Gasteiger partial charge in [0.25, 0.3) is 10.0 Å². The Kier molecular flexibility index (Phi) is 6.61. The summed E-state index contributed by atoms with van der Waals surface area (Å²) in [6.07, 6.45) is 0. The molecule has 0 aromatic heterocycles. The molecule has 1 aliphatic rings. The fourth-order valence-electron chi connectivity index (χ4n) is 4.25. The number of ether oxygens (including phenoxy) is 1. The Bertz CT molecular complexity index is 1300. The Hall–Kier alpha value is -3.39. The minimum Gasteiger partial charge on any atom is -0.494 e. The van der Waals surface area contributed by atoms with Gasteiger partial charge in [0.05, 0.1) is 24.1 Å². The Labute approximate surface area is 199 Å². The zero-order chi connectivity index (χ0) is 24.5. The SMILES string of the molecule is CCOc1ccc(F)c(-c2cccc(C3CN(S(=O)(=O)c4ccccc4)C(=O)N3C(C)C)c2)c1. The third-order valence-corrected chi connectivity index (χ3v) is 7.58. The predicted molar refractivity (Wildman–Crippen MR) is 128 cm³/mol. The van der Waals surface area contributed by atoms with Gasteiger partial charge in [-0.05, 0) is 68.3 Å². The van der Waals surface area contributed by atoms with Gasteiger partial charge in [0, 0.05) is 11.6 Å². The number of benzene rings is 3. The minimum absolute atomic E-state index is 0.0286. The third-order valence-electron chi connectivity index (χ3n) is 5.83. The van der Waals surface area contributed by atoms with E-state index in [0.29, 0.717) is 23.5 Å². The van der Waals surface area contributed by atoms with E-state index in [2.05, 4.69) is 0 Å². The lowest BCUT2D eigenvalue weighted by Gasteiger charge is -2.27. The summed E-state index contributed by atoms with van der Waals surface area (Å²) in [6, 6.07) is 18.4. The van der Waals surface area contributed by atoms with Gasteiger partial charge in [-0.3, -0.25) is 0 Å². The van der Waals surface area contributed by atoms with Crippen molar-refractivity contribution in [1.82, 2.24) is 9.21 Å². The molecular formula is C26H27FN2O4S. The molecule has 3 aromatic rings. The number of nitrogens with zero attached hydrogens (tertiary/aromatic N) is 2. The first-order valence-electron chi connectivity index (χ1n) is 11.2. The van der Waals surface area contributed by atoms with Crippen LogP contribution in [0.2, 0.25) is 0 Å². The molecule has 8 heteroatoms. The van der Waals surface area contributed by atoms with Crippen molar-refractivity contribution in [2.75, 3.05) is 13.2 Å². The van der Waals surface area contributed by atoms with Crippen molar-refractivity contribution in [2.24, 2.45) is 0 Å². The molecule has 34 heavy (non-hydrogen) atoms. The largest absolute Gasteiger partial charge is 0.494 e. The molecule has 1 saturated heterocycles. The van der Waals surface area contributed by atoms with E-state index in [9.17, 15) is 17.6 Å². The van der Waals surface area contributed by atoms with E-state index < -0.39 is 27.9 Å². The Morgan fingerprint density at radius 3 is 2.44 bits per heavy atom. The maximum absolute atomic E-state index is 14.7. The van der Waals surface area contributed by atoms with Gasteiger partial charge in [-0.2, -0.15) is 0 Å². The standard InChI is InChI=1S/C26H27FN2O4S/c1-4-33-21-13-14-24(27)23(16-21)19-9-8-10-20(15-19)25-17-28(26(30)29(25)18(2)3)34(31,32)22-11-6-5-7-12-22/h5-16,18,25H,4,17H2,1-3H3. The number of amides is 2. The average Bonchev–Trinajstić information content (AvgIpc) is 3.19. The van der Waals surface area contributed by atoms with Crippen molar-refractivity contribution in [3.63, 3.8) is 0 Å². The highest BCUT2D eigenvalue weighted by molar-refractivity contribution is 7.89. The van der Waals surface area contributed by atoms with Crippen LogP contribution in [0.3, 0.4) is 0 Å². The minimum atomic E-state index is -4.01. The summed E-state index contributed by atoms with van der Waals surface area (Å²) >= 11 is 0. The molecule has 1 aliphatic heterocycles. The second kappa shape index (κ2) is 9.46. The van der Waals surface area contributed by atoms with Gasteiger partial charge in [0.1, 0.15) is 11.6 Å². The third kappa shape index (κ3) is 4.37. The molecule has 0 saturated carbocycles. The summed E-state index contributed by atoms with van der Waals surface area (Å²) < 4.78 is 47.6. The molecule has 0 aliphatic carbocycles. The lowest BCUT2D eigenvalue weighted by Crippen LogP contribution is -2.39. The number of hydrogen-bond donors (Lipinski definition) is 0. The van der Waals surface area contributed by atoms with Gasteiger partial charge < -0.3 is 9.64 Å². The van der Waals surface area contributed by atoms with E-state index in [4.69, 9.17) is 4.74 Å². The molecular weight excluding hydrogens is 455 g/mol. The molecule has 3 aromatic carbocycles. The average molecular weight is 483 g/mol. The highest BCUT2D eigenvalue weighted by Crippen LogP contribution is 2.37. The zero-order valence-corrected chi connectivity index (χ0v) is 20.1. The quantitative estimate of drug-likeness (QED) is 0.448. The number of rotatable bonds is 7. The summed E-state index contributed by atoms with van der Waals surface area (Å²) in [5.41, 5.74) is 1.73. The lowest BCUT2D eigenvalue weighted by molar-refractivity contribution is 0.181. The Morgan fingerprint density at radius 2 is 1.76 bits per heavy atom. The summed E-state index contributed by atoms with van der Waals surface area (Å²) in [5, 5.41) is 0. The maximum Gasteiger partial charge on any atom is 0.334 e. The van der Waals surface area contributed by atoms with E-state index >= 15 is 0 Å². The van der Waals surface area contributed by atoms with E-state index in [1.165, 1.54) is 18.2 Å². The normalized spacial score (nSPS) is 16.4. The van der Waals surface area contributed by atoms with Crippen LogP contribution in [0.25, 0.3) is 11.1 Å². The lowest BCUT2D eigenvalue weighted by atomic mass is 9.98. The summed E-state index contributed by atoms with van der Waals surface area (Å²) in [4.78, 5) is 14.9. The first-order chi connectivity index (χ1) is 16.2. The molecule has 1 fully saturated rings. The molecule has 6 nitrogen and oxygen atoms in total. The van der Waals surface area contributed by atoms with Crippen LogP contribution < -0.4 is 4.74 Å². The monoisotopic (exact) mass is 482 g/mol. The Morgan fingerprint density at radius 1 is 1.03 bits per heavy atom. The zero-order valence-electron chi connectivity index (χ0n) is 19.3. The number of sulfonamides is 1. The van der Waals surface area contributed by atoms with Gasteiger partial charge in [-0.25, -0.2) is 21.9 Å². The van der Waals surface area contributed by atoms with Crippen LogP contribution in [0.15, 0.2) is 77.7 Å². The molecule has 0 spiro atoms. The van der Waals surface area contributed by atoms with E-state index in [-0.39, 0.29) is 17.5 Å². The van der Waals surface area contributed by atoms with Crippen molar-refractivity contribution < 1.29 is 22.3 Å². The van der Waals surface area contributed by atoms with Crippen LogP contribution in [-0.2, 0) is 10.0 Å². The number of hydrogen-bond acceptors (Lipinski definition) is 4. The number of carbonyl (C=O) groups excluding carboxylic acids is 1.